The Morgan fingerprint density at radius 3 is 2.90 bits per heavy atom. The minimum atomic E-state index is 0.723. The van der Waals surface area contributed by atoms with E-state index in [1.807, 2.05) is 18.8 Å². The Morgan fingerprint density at radius 2 is 2.24 bits per heavy atom. The van der Waals surface area contributed by atoms with Crippen molar-refractivity contribution in [2.45, 2.75) is 20.0 Å². The second kappa shape index (κ2) is 8.07. The van der Waals surface area contributed by atoms with Gasteiger partial charge < -0.3 is 15.0 Å². The Labute approximate surface area is 130 Å². The second-order valence-electron chi connectivity index (χ2n) is 4.99. The number of aromatic nitrogens is 2. The Kier molecular flexibility index (Phi) is 6.10. The summed E-state index contributed by atoms with van der Waals surface area (Å²) in [6, 6.07) is 2.18. The van der Waals surface area contributed by atoms with Crippen LogP contribution in [0.25, 0.3) is 0 Å². The molecule has 2 rings (SSSR count). The van der Waals surface area contributed by atoms with Crippen LogP contribution in [0.1, 0.15) is 16.8 Å². The lowest BCUT2D eigenvalue weighted by atomic mass is 10.2. The van der Waals surface area contributed by atoms with Gasteiger partial charge in [-0.15, -0.1) is 11.3 Å². The van der Waals surface area contributed by atoms with E-state index in [2.05, 4.69) is 38.6 Å². The normalized spacial score (nSPS) is 10.8. The molecule has 0 aliphatic rings. The van der Waals surface area contributed by atoms with Crippen LogP contribution in [0.2, 0.25) is 0 Å². The number of thiazole rings is 1. The van der Waals surface area contributed by atoms with Crippen LogP contribution >= 0.6 is 11.3 Å². The zero-order chi connectivity index (χ0) is 15.1. The number of pyridine rings is 1. The first-order valence-electron chi connectivity index (χ1n) is 6.94. The van der Waals surface area contributed by atoms with Gasteiger partial charge in [0, 0.05) is 38.8 Å². The lowest BCUT2D eigenvalue weighted by Crippen LogP contribution is -2.21. The average molecular weight is 306 g/mol. The number of nitrogens with zero attached hydrogens (tertiary/aromatic N) is 3. The number of methoxy groups -OCH3 is 1. The summed E-state index contributed by atoms with van der Waals surface area (Å²) in [6.07, 6.45) is 1.93. The number of hydrogen-bond donors (Lipinski definition) is 1. The maximum Gasteiger partial charge on any atom is 0.131 e. The summed E-state index contributed by atoms with van der Waals surface area (Å²) in [5, 5.41) is 5.40. The standard InChI is InChI=1S/C15H22N4OS/c1-12-6-13(7-16-4-5-20-3)8-17-15(12)19(2)9-14-10-21-11-18-14/h6,8,10-11,16H,4-5,7,9H2,1-3H3. The Hall–Kier alpha value is -1.50. The maximum atomic E-state index is 5.01. The van der Waals surface area contributed by atoms with E-state index >= 15 is 0 Å². The van der Waals surface area contributed by atoms with E-state index in [0.717, 1.165) is 37.8 Å². The van der Waals surface area contributed by atoms with Crippen LogP contribution in [0.15, 0.2) is 23.2 Å². The number of nitrogens with one attached hydrogen (secondary N) is 1. The second-order valence-corrected chi connectivity index (χ2v) is 5.71. The highest BCUT2D eigenvalue weighted by Crippen LogP contribution is 2.18. The van der Waals surface area contributed by atoms with Crippen LogP contribution < -0.4 is 10.2 Å². The van der Waals surface area contributed by atoms with Crippen LogP contribution in [0, 0.1) is 6.92 Å². The van der Waals surface area contributed by atoms with Gasteiger partial charge in [-0.3, -0.25) is 0 Å². The molecule has 0 aliphatic carbocycles. The smallest absolute Gasteiger partial charge is 0.131 e. The zero-order valence-electron chi connectivity index (χ0n) is 12.8. The van der Waals surface area contributed by atoms with E-state index < -0.39 is 0 Å². The molecule has 2 heterocycles. The molecule has 21 heavy (non-hydrogen) atoms. The van der Waals surface area contributed by atoms with Gasteiger partial charge in [0.2, 0.25) is 0 Å². The molecule has 0 saturated carbocycles. The number of aryl methyl sites for hydroxylation is 1. The van der Waals surface area contributed by atoms with Gasteiger partial charge in [-0.25, -0.2) is 9.97 Å². The monoisotopic (exact) mass is 306 g/mol. The highest BCUT2D eigenvalue weighted by Gasteiger charge is 2.08. The molecule has 0 fully saturated rings. The fraction of sp³-hybridized carbons (Fsp3) is 0.467. The van der Waals surface area contributed by atoms with Crippen LogP contribution in [-0.2, 0) is 17.8 Å². The number of rotatable bonds is 8. The van der Waals surface area contributed by atoms with Crippen LogP contribution in [0.5, 0.6) is 0 Å². The van der Waals surface area contributed by atoms with E-state index in [1.165, 1.54) is 11.1 Å². The first kappa shape index (κ1) is 15.9. The molecule has 0 atom stereocenters. The van der Waals surface area contributed by atoms with Gasteiger partial charge in [0.15, 0.2) is 0 Å². The van der Waals surface area contributed by atoms with Crippen molar-refractivity contribution in [3.63, 3.8) is 0 Å². The minimum Gasteiger partial charge on any atom is -0.383 e. The highest BCUT2D eigenvalue weighted by molar-refractivity contribution is 7.07. The van der Waals surface area contributed by atoms with Gasteiger partial charge in [-0.2, -0.15) is 0 Å². The summed E-state index contributed by atoms with van der Waals surface area (Å²) in [7, 11) is 3.76. The quantitative estimate of drug-likeness (QED) is 0.758. The number of ether oxygens (including phenoxy) is 1. The fourth-order valence-electron chi connectivity index (χ4n) is 2.16. The fourth-order valence-corrected chi connectivity index (χ4v) is 2.71. The third-order valence-corrected chi connectivity index (χ3v) is 3.80. The van der Waals surface area contributed by atoms with Gasteiger partial charge in [0.1, 0.15) is 5.82 Å². The summed E-state index contributed by atoms with van der Waals surface area (Å²) in [6.45, 7) is 5.26. The molecule has 1 N–H and O–H groups in total. The molecule has 114 valence electrons. The Morgan fingerprint density at radius 1 is 1.38 bits per heavy atom. The largest absolute Gasteiger partial charge is 0.383 e. The molecule has 0 saturated heterocycles. The third-order valence-electron chi connectivity index (χ3n) is 3.16. The first-order valence-corrected chi connectivity index (χ1v) is 7.88. The molecular weight excluding hydrogens is 284 g/mol. The molecule has 2 aromatic heterocycles. The van der Waals surface area contributed by atoms with E-state index in [9.17, 15) is 0 Å². The van der Waals surface area contributed by atoms with Crippen molar-refractivity contribution >= 4 is 17.2 Å². The molecule has 0 amide bonds. The lowest BCUT2D eigenvalue weighted by Gasteiger charge is -2.19. The average Bonchev–Trinajstić information content (AvgIpc) is 2.96. The van der Waals surface area contributed by atoms with Crippen molar-refractivity contribution in [1.29, 1.82) is 0 Å². The summed E-state index contributed by atoms with van der Waals surface area (Å²) in [5.41, 5.74) is 5.31. The van der Waals surface area contributed by atoms with Crippen molar-refractivity contribution in [3.8, 4) is 0 Å². The van der Waals surface area contributed by atoms with Gasteiger partial charge in [-0.1, -0.05) is 0 Å². The lowest BCUT2D eigenvalue weighted by molar-refractivity contribution is 0.199. The molecule has 0 unspecified atom stereocenters. The molecule has 5 nitrogen and oxygen atoms in total. The van der Waals surface area contributed by atoms with E-state index in [4.69, 9.17) is 4.74 Å². The van der Waals surface area contributed by atoms with Crippen LogP contribution in [0.3, 0.4) is 0 Å². The molecule has 0 aromatic carbocycles. The van der Waals surface area contributed by atoms with Crippen molar-refractivity contribution < 1.29 is 4.74 Å². The minimum absolute atomic E-state index is 0.723. The van der Waals surface area contributed by atoms with Gasteiger partial charge in [0.25, 0.3) is 0 Å². The van der Waals surface area contributed by atoms with E-state index in [0.29, 0.717) is 0 Å². The summed E-state index contributed by atoms with van der Waals surface area (Å²) >= 11 is 1.62. The Balaban J connectivity index is 1.94. The predicted molar refractivity (Wildman–Crippen MR) is 86.8 cm³/mol. The highest BCUT2D eigenvalue weighted by atomic mass is 32.1. The number of anilines is 1. The molecule has 0 bridgehead atoms. The Bertz CT molecular complexity index is 545. The third kappa shape index (κ3) is 4.77. The predicted octanol–water partition coefficient (Wildman–Crippen LogP) is 2.22. The van der Waals surface area contributed by atoms with Gasteiger partial charge in [0.05, 0.1) is 24.4 Å². The maximum absolute atomic E-state index is 5.01. The first-order chi connectivity index (χ1) is 10.2. The zero-order valence-corrected chi connectivity index (χ0v) is 13.6. The van der Waals surface area contributed by atoms with Crippen LogP contribution in [0.4, 0.5) is 5.82 Å². The molecule has 2 aromatic rings. The topological polar surface area (TPSA) is 50.3 Å². The molecule has 0 spiro atoms. The van der Waals surface area contributed by atoms with Gasteiger partial charge in [-0.05, 0) is 24.1 Å². The van der Waals surface area contributed by atoms with Crippen molar-refractivity contribution in [2.24, 2.45) is 0 Å². The summed E-state index contributed by atoms with van der Waals surface area (Å²) < 4.78 is 5.01. The summed E-state index contributed by atoms with van der Waals surface area (Å²) in [4.78, 5) is 11.0. The summed E-state index contributed by atoms with van der Waals surface area (Å²) in [5.74, 6) is 1.00. The number of hydrogen-bond acceptors (Lipinski definition) is 6. The van der Waals surface area contributed by atoms with Crippen LogP contribution in [-0.4, -0.2) is 37.3 Å². The van der Waals surface area contributed by atoms with E-state index in [-0.39, 0.29) is 0 Å². The molecule has 0 radical (unpaired) electrons. The van der Waals surface area contributed by atoms with Gasteiger partial charge >= 0.3 is 0 Å². The van der Waals surface area contributed by atoms with Crippen molar-refractivity contribution in [2.75, 3.05) is 32.2 Å². The molecule has 6 heteroatoms. The van der Waals surface area contributed by atoms with E-state index in [1.54, 1.807) is 18.4 Å². The van der Waals surface area contributed by atoms with Crippen molar-refractivity contribution in [3.05, 3.63) is 40.0 Å². The van der Waals surface area contributed by atoms with Crippen molar-refractivity contribution in [1.82, 2.24) is 15.3 Å². The molecule has 0 aliphatic heterocycles. The molecular formula is C15H22N4OS. The SMILES string of the molecule is COCCNCc1cnc(N(C)Cc2cscn2)c(C)c1.